The molecule has 184 valence electrons. The molecule has 3 amide bonds. The largest absolute Gasteiger partial charge is 0.350 e. The fourth-order valence-electron chi connectivity index (χ4n) is 4.63. The number of hydrogen-bond acceptors (Lipinski definition) is 6. The van der Waals surface area contributed by atoms with Gasteiger partial charge in [-0.05, 0) is 56.9 Å². The van der Waals surface area contributed by atoms with Gasteiger partial charge in [-0.3, -0.25) is 24.5 Å². The Morgan fingerprint density at radius 2 is 1.37 bits per heavy atom. The van der Waals surface area contributed by atoms with E-state index in [0.29, 0.717) is 5.56 Å². The maximum Gasteiger partial charge on any atom is 0.269 e. The van der Waals surface area contributed by atoms with E-state index in [0.717, 1.165) is 31.2 Å². The lowest BCUT2D eigenvalue weighted by molar-refractivity contribution is -0.384. The molecular formula is C25H29N5O5. The molecule has 2 aromatic rings. The summed E-state index contributed by atoms with van der Waals surface area (Å²) >= 11 is 0. The van der Waals surface area contributed by atoms with E-state index < -0.39 is 22.9 Å². The number of nitro benzene ring substituents is 1. The monoisotopic (exact) mass is 479 g/mol. The number of carbonyl (C=O) groups excluding carboxylic acids is 3. The van der Waals surface area contributed by atoms with Crippen LogP contribution in [0.3, 0.4) is 0 Å². The maximum absolute atomic E-state index is 13.5. The Labute approximate surface area is 203 Å². The summed E-state index contributed by atoms with van der Waals surface area (Å²) in [6.45, 7) is 2.28. The summed E-state index contributed by atoms with van der Waals surface area (Å²) in [6.07, 6.45) is 1.95. The second kappa shape index (κ2) is 10.2. The van der Waals surface area contributed by atoms with Gasteiger partial charge in [-0.2, -0.15) is 0 Å². The van der Waals surface area contributed by atoms with Crippen LogP contribution in [-0.2, 0) is 4.79 Å². The van der Waals surface area contributed by atoms with Gasteiger partial charge in [-0.15, -0.1) is 0 Å². The topological polar surface area (TPSA) is 139 Å². The van der Waals surface area contributed by atoms with Crippen LogP contribution in [0.4, 0.5) is 5.69 Å². The molecule has 1 unspecified atom stereocenters. The molecule has 0 radical (unpaired) electrons. The van der Waals surface area contributed by atoms with Crippen LogP contribution in [-0.4, -0.2) is 63.8 Å². The SMILES string of the molecule is Cc1ccc(C(=O)N2CCN(C(=O)c3ccc([N+](=O)[O-])cc3)C2C(=O)NC2CCC(N)CC2)cc1. The molecule has 1 atom stereocenters. The van der Waals surface area contributed by atoms with E-state index in [4.69, 9.17) is 5.73 Å². The standard InChI is InChI=1S/C25H29N5O5/c1-16-2-4-17(5-3-16)24(32)28-14-15-29(25(33)18-6-12-21(13-7-18)30(34)35)23(28)22(31)27-20-10-8-19(26)9-11-20/h2-7,12-13,19-20,23H,8-11,14-15,26H2,1H3,(H,27,31). The number of aryl methyl sites for hydroxylation is 1. The van der Waals surface area contributed by atoms with E-state index >= 15 is 0 Å². The van der Waals surface area contributed by atoms with Crippen LogP contribution < -0.4 is 11.1 Å². The molecule has 0 aromatic heterocycles. The van der Waals surface area contributed by atoms with Crippen molar-refractivity contribution in [2.75, 3.05) is 13.1 Å². The second-order valence-corrected chi connectivity index (χ2v) is 9.16. The summed E-state index contributed by atoms with van der Waals surface area (Å²) in [5.41, 5.74) is 7.49. The zero-order valence-corrected chi connectivity index (χ0v) is 19.6. The van der Waals surface area contributed by atoms with Crippen molar-refractivity contribution in [3.8, 4) is 0 Å². The Hall–Kier alpha value is -3.79. The maximum atomic E-state index is 13.5. The first-order valence-electron chi connectivity index (χ1n) is 11.7. The minimum atomic E-state index is -1.12. The molecule has 1 aliphatic heterocycles. The minimum absolute atomic E-state index is 0.0736. The zero-order chi connectivity index (χ0) is 25.1. The predicted molar refractivity (Wildman–Crippen MR) is 129 cm³/mol. The van der Waals surface area contributed by atoms with Crippen molar-refractivity contribution in [3.63, 3.8) is 0 Å². The number of non-ortho nitro benzene ring substituents is 1. The van der Waals surface area contributed by atoms with Gasteiger partial charge >= 0.3 is 0 Å². The highest BCUT2D eigenvalue weighted by Crippen LogP contribution is 2.24. The number of nitro groups is 1. The van der Waals surface area contributed by atoms with Crippen LogP contribution in [0.1, 0.15) is 52.0 Å². The van der Waals surface area contributed by atoms with E-state index in [2.05, 4.69) is 5.32 Å². The van der Waals surface area contributed by atoms with Gasteiger partial charge in [0.25, 0.3) is 23.4 Å². The molecule has 0 bridgehead atoms. The quantitative estimate of drug-likeness (QED) is 0.498. The molecule has 35 heavy (non-hydrogen) atoms. The van der Waals surface area contributed by atoms with Gasteiger partial charge in [-0.25, -0.2) is 0 Å². The molecule has 3 N–H and O–H groups in total. The Bertz CT molecular complexity index is 1110. The first-order valence-corrected chi connectivity index (χ1v) is 11.7. The van der Waals surface area contributed by atoms with Crippen molar-refractivity contribution in [2.24, 2.45) is 5.73 Å². The van der Waals surface area contributed by atoms with Crippen molar-refractivity contribution >= 4 is 23.4 Å². The second-order valence-electron chi connectivity index (χ2n) is 9.16. The molecule has 10 heteroatoms. The van der Waals surface area contributed by atoms with Gasteiger partial charge in [0.15, 0.2) is 6.17 Å². The fourth-order valence-corrected chi connectivity index (χ4v) is 4.63. The Balaban J connectivity index is 1.59. The molecule has 2 fully saturated rings. The van der Waals surface area contributed by atoms with Crippen molar-refractivity contribution < 1.29 is 19.3 Å². The van der Waals surface area contributed by atoms with Gasteiger partial charge in [0, 0.05) is 48.4 Å². The van der Waals surface area contributed by atoms with Gasteiger partial charge in [-0.1, -0.05) is 17.7 Å². The fraction of sp³-hybridized carbons (Fsp3) is 0.400. The Kier molecular flexibility index (Phi) is 7.11. The van der Waals surface area contributed by atoms with Crippen LogP contribution in [0.5, 0.6) is 0 Å². The van der Waals surface area contributed by atoms with Gasteiger partial charge in [0.2, 0.25) is 0 Å². The van der Waals surface area contributed by atoms with Gasteiger partial charge < -0.3 is 20.9 Å². The molecule has 10 nitrogen and oxygen atoms in total. The Morgan fingerprint density at radius 1 is 0.886 bits per heavy atom. The molecule has 0 spiro atoms. The number of hydrogen-bond donors (Lipinski definition) is 2. The summed E-state index contributed by atoms with van der Waals surface area (Å²) in [5, 5.41) is 14.0. The normalized spacial score (nSPS) is 22.1. The van der Waals surface area contributed by atoms with Crippen LogP contribution in [0, 0.1) is 17.0 Å². The highest BCUT2D eigenvalue weighted by atomic mass is 16.6. The molecule has 1 heterocycles. The molecular weight excluding hydrogens is 450 g/mol. The summed E-state index contributed by atoms with van der Waals surface area (Å²) in [4.78, 5) is 53.4. The van der Waals surface area contributed by atoms with Crippen LogP contribution >= 0.6 is 0 Å². The first kappa shape index (κ1) is 24.3. The lowest BCUT2D eigenvalue weighted by Crippen LogP contribution is -2.56. The third-order valence-electron chi connectivity index (χ3n) is 6.67. The molecule has 2 aliphatic rings. The third kappa shape index (κ3) is 5.32. The van der Waals surface area contributed by atoms with E-state index in [9.17, 15) is 24.5 Å². The van der Waals surface area contributed by atoms with E-state index in [-0.39, 0.29) is 42.3 Å². The highest BCUT2D eigenvalue weighted by molar-refractivity contribution is 6.02. The van der Waals surface area contributed by atoms with Crippen LogP contribution in [0.15, 0.2) is 48.5 Å². The minimum Gasteiger partial charge on any atom is -0.350 e. The van der Waals surface area contributed by atoms with Crippen LogP contribution in [0.2, 0.25) is 0 Å². The summed E-state index contributed by atoms with van der Waals surface area (Å²) < 4.78 is 0. The number of benzene rings is 2. The number of nitrogens with zero attached hydrogens (tertiary/aromatic N) is 3. The number of nitrogens with two attached hydrogens (primary N) is 1. The predicted octanol–water partition coefficient (Wildman–Crippen LogP) is 2.21. The summed E-state index contributed by atoms with van der Waals surface area (Å²) in [6, 6.07) is 12.3. The molecule has 1 saturated heterocycles. The van der Waals surface area contributed by atoms with Gasteiger partial charge in [0.1, 0.15) is 0 Å². The summed E-state index contributed by atoms with van der Waals surface area (Å²) in [7, 11) is 0. The first-order chi connectivity index (χ1) is 16.7. The zero-order valence-electron chi connectivity index (χ0n) is 19.6. The van der Waals surface area contributed by atoms with Crippen molar-refractivity contribution in [1.82, 2.24) is 15.1 Å². The van der Waals surface area contributed by atoms with E-state index in [1.807, 2.05) is 19.1 Å². The summed E-state index contributed by atoms with van der Waals surface area (Å²) in [5.74, 6) is -1.22. The lowest BCUT2D eigenvalue weighted by Gasteiger charge is -2.32. The number of rotatable bonds is 5. The number of nitrogens with one attached hydrogen (secondary N) is 1. The van der Waals surface area contributed by atoms with E-state index in [1.165, 1.54) is 34.1 Å². The van der Waals surface area contributed by atoms with Crippen LogP contribution in [0.25, 0.3) is 0 Å². The third-order valence-corrected chi connectivity index (χ3v) is 6.67. The highest BCUT2D eigenvalue weighted by Gasteiger charge is 2.43. The van der Waals surface area contributed by atoms with Crippen molar-refractivity contribution in [1.29, 1.82) is 0 Å². The number of amides is 3. The lowest BCUT2D eigenvalue weighted by atomic mass is 9.92. The number of carbonyl (C=O) groups is 3. The average molecular weight is 480 g/mol. The van der Waals surface area contributed by atoms with Gasteiger partial charge in [0.05, 0.1) is 4.92 Å². The molecule has 4 rings (SSSR count). The molecule has 2 aromatic carbocycles. The molecule has 1 saturated carbocycles. The van der Waals surface area contributed by atoms with Crippen molar-refractivity contribution in [3.05, 3.63) is 75.3 Å². The van der Waals surface area contributed by atoms with E-state index in [1.54, 1.807) is 12.1 Å². The Morgan fingerprint density at radius 3 is 1.86 bits per heavy atom. The average Bonchev–Trinajstić information content (AvgIpc) is 3.30. The smallest absolute Gasteiger partial charge is 0.269 e. The molecule has 1 aliphatic carbocycles. The van der Waals surface area contributed by atoms with Crippen molar-refractivity contribution in [2.45, 2.75) is 50.9 Å².